The average Bonchev–Trinajstić information content (AvgIpc) is 3.01. The van der Waals surface area contributed by atoms with Gasteiger partial charge in [0.15, 0.2) is 0 Å². The van der Waals surface area contributed by atoms with Crippen LogP contribution < -0.4 is 5.32 Å². The summed E-state index contributed by atoms with van der Waals surface area (Å²) in [6, 6.07) is 14.4. The number of benzene rings is 2. The first kappa shape index (κ1) is 16.7. The maximum absolute atomic E-state index is 12.3. The van der Waals surface area contributed by atoms with Gasteiger partial charge in [-0.3, -0.25) is 14.9 Å². The molecule has 0 bridgehead atoms. The van der Waals surface area contributed by atoms with Crippen LogP contribution in [-0.2, 0) is 6.54 Å². The lowest BCUT2D eigenvalue weighted by Crippen LogP contribution is -2.16. The Morgan fingerprint density at radius 1 is 1.20 bits per heavy atom. The summed E-state index contributed by atoms with van der Waals surface area (Å²) >= 11 is 5.98. The maximum atomic E-state index is 12.3. The van der Waals surface area contributed by atoms with Crippen LogP contribution in [0.2, 0.25) is 5.02 Å². The summed E-state index contributed by atoms with van der Waals surface area (Å²) in [5.41, 5.74) is 1.20. The van der Waals surface area contributed by atoms with E-state index in [1.54, 1.807) is 23.0 Å². The van der Waals surface area contributed by atoms with Crippen molar-refractivity contribution in [3.05, 3.63) is 87.1 Å². The number of carbonyl (C=O) groups is 1. The number of carbonyl (C=O) groups excluding carboxylic acids is 1. The lowest BCUT2D eigenvalue weighted by atomic mass is 10.2. The smallest absolute Gasteiger partial charge is 0.269 e. The summed E-state index contributed by atoms with van der Waals surface area (Å²) in [5.74, 6) is 0.145. The van der Waals surface area contributed by atoms with Gasteiger partial charge in [0, 0.05) is 28.8 Å². The topological polar surface area (TPSA) is 90.1 Å². The van der Waals surface area contributed by atoms with Crippen LogP contribution in [0.4, 0.5) is 11.5 Å². The van der Waals surface area contributed by atoms with E-state index in [1.807, 2.05) is 18.2 Å². The van der Waals surface area contributed by atoms with Crippen molar-refractivity contribution in [2.75, 3.05) is 5.32 Å². The molecule has 126 valence electrons. The average molecular weight is 357 g/mol. The lowest BCUT2D eigenvalue weighted by Gasteiger charge is -2.09. The molecule has 1 N–H and O–H groups in total. The van der Waals surface area contributed by atoms with Gasteiger partial charge in [0.1, 0.15) is 5.82 Å². The molecule has 8 heteroatoms. The zero-order valence-electron chi connectivity index (χ0n) is 12.9. The second-order valence-electron chi connectivity index (χ2n) is 5.26. The van der Waals surface area contributed by atoms with E-state index in [2.05, 4.69) is 10.4 Å². The van der Waals surface area contributed by atoms with Gasteiger partial charge in [0.25, 0.3) is 11.6 Å². The number of nitrogens with zero attached hydrogens (tertiary/aromatic N) is 3. The highest BCUT2D eigenvalue weighted by Crippen LogP contribution is 2.16. The standard InChI is InChI=1S/C17H13ClN4O3/c18-14-3-1-2-12(10-14)11-21-16(8-9-19-21)20-17(23)13-4-6-15(7-5-13)22(24)25/h1-10H,11H2,(H,20,23). The van der Waals surface area contributed by atoms with Gasteiger partial charge in [-0.1, -0.05) is 23.7 Å². The van der Waals surface area contributed by atoms with Crippen LogP contribution in [0.3, 0.4) is 0 Å². The zero-order chi connectivity index (χ0) is 17.8. The van der Waals surface area contributed by atoms with E-state index in [0.717, 1.165) is 5.56 Å². The molecule has 0 spiro atoms. The second-order valence-corrected chi connectivity index (χ2v) is 5.70. The summed E-state index contributed by atoms with van der Waals surface area (Å²) in [6.45, 7) is 0.448. The number of nitro groups is 1. The van der Waals surface area contributed by atoms with Crippen molar-refractivity contribution in [1.82, 2.24) is 9.78 Å². The highest BCUT2D eigenvalue weighted by Gasteiger charge is 2.12. The van der Waals surface area contributed by atoms with E-state index in [9.17, 15) is 14.9 Å². The van der Waals surface area contributed by atoms with Crippen molar-refractivity contribution < 1.29 is 9.72 Å². The largest absolute Gasteiger partial charge is 0.307 e. The fourth-order valence-corrected chi connectivity index (χ4v) is 2.51. The quantitative estimate of drug-likeness (QED) is 0.557. The van der Waals surface area contributed by atoms with Crippen LogP contribution in [0, 0.1) is 10.1 Å². The third kappa shape index (κ3) is 4.02. The third-order valence-corrected chi connectivity index (χ3v) is 3.75. The number of nitrogens with one attached hydrogen (secondary N) is 1. The predicted molar refractivity (Wildman–Crippen MR) is 93.8 cm³/mol. The van der Waals surface area contributed by atoms with Gasteiger partial charge in [0.2, 0.25) is 0 Å². The van der Waals surface area contributed by atoms with E-state index >= 15 is 0 Å². The molecular formula is C17H13ClN4O3. The number of non-ortho nitro benzene ring substituents is 1. The molecule has 1 amide bonds. The second kappa shape index (κ2) is 7.14. The molecule has 0 fully saturated rings. The first-order valence-corrected chi connectivity index (χ1v) is 7.73. The molecule has 0 aliphatic heterocycles. The van der Waals surface area contributed by atoms with Crippen molar-refractivity contribution in [2.45, 2.75) is 6.54 Å². The molecule has 1 aromatic heterocycles. The molecule has 3 rings (SSSR count). The van der Waals surface area contributed by atoms with Crippen molar-refractivity contribution in [1.29, 1.82) is 0 Å². The summed E-state index contributed by atoms with van der Waals surface area (Å²) in [4.78, 5) is 22.5. The number of hydrogen-bond acceptors (Lipinski definition) is 4. The van der Waals surface area contributed by atoms with Gasteiger partial charge in [-0.25, -0.2) is 4.68 Å². The maximum Gasteiger partial charge on any atom is 0.269 e. The van der Waals surface area contributed by atoms with Crippen molar-refractivity contribution in [3.8, 4) is 0 Å². The molecule has 0 saturated carbocycles. The molecule has 0 unspecified atom stereocenters. The zero-order valence-corrected chi connectivity index (χ0v) is 13.7. The number of halogens is 1. The third-order valence-electron chi connectivity index (χ3n) is 3.52. The number of nitro benzene ring substituents is 1. The number of rotatable bonds is 5. The van der Waals surface area contributed by atoms with Crippen molar-refractivity contribution >= 4 is 29.0 Å². The minimum atomic E-state index is -0.512. The Labute approximate surface area is 148 Å². The highest BCUT2D eigenvalue weighted by molar-refractivity contribution is 6.30. The molecule has 0 aliphatic rings. The van der Waals surface area contributed by atoms with Crippen LogP contribution in [0.15, 0.2) is 60.8 Å². The molecule has 0 radical (unpaired) electrons. The molecule has 0 aliphatic carbocycles. The molecular weight excluding hydrogens is 344 g/mol. The van der Waals surface area contributed by atoms with Crippen LogP contribution in [0.25, 0.3) is 0 Å². The van der Waals surface area contributed by atoms with E-state index in [-0.39, 0.29) is 11.6 Å². The monoisotopic (exact) mass is 356 g/mol. The Kier molecular flexibility index (Phi) is 4.76. The van der Waals surface area contributed by atoms with E-state index in [4.69, 9.17) is 11.6 Å². The van der Waals surface area contributed by atoms with Crippen molar-refractivity contribution in [3.63, 3.8) is 0 Å². The fourth-order valence-electron chi connectivity index (χ4n) is 2.30. The SMILES string of the molecule is O=C(Nc1ccnn1Cc1cccc(Cl)c1)c1ccc([N+](=O)[O-])cc1. The number of amides is 1. The Morgan fingerprint density at radius 3 is 2.64 bits per heavy atom. The summed E-state index contributed by atoms with van der Waals surface area (Å²) in [6.07, 6.45) is 1.58. The molecule has 25 heavy (non-hydrogen) atoms. The minimum absolute atomic E-state index is 0.0671. The van der Waals surface area contributed by atoms with Crippen LogP contribution in [-0.4, -0.2) is 20.6 Å². The van der Waals surface area contributed by atoms with Gasteiger partial charge in [-0.2, -0.15) is 5.10 Å². The van der Waals surface area contributed by atoms with Crippen LogP contribution >= 0.6 is 11.6 Å². The van der Waals surface area contributed by atoms with Gasteiger partial charge in [0.05, 0.1) is 17.7 Å². The first-order valence-electron chi connectivity index (χ1n) is 7.35. The molecule has 3 aromatic rings. The molecule has 2 aromatic carbocycles. The number of anilines is 1. The number of hydrogen-bond donors (Lipinski definition) is 1. The molecule has 0 atom stereocenters. The minimum Gasteiger partial charge on any atom is -0.307 e. The summed E-state index contributed by atoms with van der Waals surface area (Å²) in [7, 11) is 0. The lowest BCUT2D eigenvalue weighted by molar-refractivity contribution is -0.384. The molecule has 1 heterocycles. The molecule has 7 nitrogen and oxygen atoms in total. The van der Waals surface area contributed by atoms with Crippen LogP contribution in [0.5, 0.6) is 0 Å². The van der Waals surface area contributed by atoms with Gasteiger partial charge >= 0.3 is 0 Å². The summed E-state index contributed by atoms with van der Waals surface area (Å²) in [5, 5.41) is 18.2. The normalized spacial score (nSPS) is 10.4. The Hall–Kier alpha value is -3.19. The Morgan fingerprint density at radius 2 is 1.96 bits per heavy atom. The van der Waals surface area contributed by atoms with Gasteiger partial charge < -0.3 is 5.32 Å². The number of aromatic nitrogens is 2. The van der Waals surface area contributed by atoms with E-state index in [1.165, 1.54) is 24.3 Å². The highest BCUT2D eigenvalue weighted by atomic mass is 35.5. The van der Waals surface area contributed by atoms with Crippen LogP contribution in [0.1, 0.15) is 15.9 Å². The van der Waals surface area contributed by atoms with Crippen molar-refractivity contribution in [2.24, 2.45) is 0 Å². The van der Waals surface area contributed by atoms with E-state index < -0.39 is 4.92 Å². The molecule has 0 saturated heterocycles. The van der Waals surface area contributed by atoms with Gasteiger partial charge in [-0.05, 0) is 29.8 Å². The van der Waals surface area contributed by atoms with E-state index in [0.29, 0.717) is 22.9 Å². The summed E-state index contributed by atoms with van der Waals surface area (Å²) < 4.78 is 1.63. The Balaban J connectivity index is 1.74. The fraction of sp³-hybridized carbons (Fsp3) is 0.0588. The first-order chi connectivity index (χ1) is 12.0. The van der Waals surface area contributed by atoms with Gasteiger partial charge in [-0.15, -0.1) is 0 Å². The Bertz CT molecular complexity index is 922. The predicted octanol–water partition coefficient (Wildman–Crippen LogP) is 3.75.